The van der Waals surface area contributed by atoms with Gasteiger partial charge in [0, 0.05) is 34.3 Å². The molecule has 1 aliphatic rings. The maximum atomic E-state index is 13.7. The van der Waals surface area contributed by atoms with Crippen molar-refractivity contribution in [2.75, 3.05) is 26.2 Å². The van der Waals surface area contributed by atoms with Crippen LogP contribution in [-0.2, 0) is 6.42 Å². The normalized spacial score (nSPS) is 15.6. The average molecular weight is 450 g/mol. The number of likely N-dealkylation sites (N-methyl/N-ethyl adjacent to an activating group) is 1. The highest BCUT2D eigenvalue weighted by molar-refractivity contribution is 5.95. The Morgan fingerprint density at radius 3 is 2.58 bits per heavy atom. The Kier molecular flexibility index (Phi) is 6.79. The van der Waals surface area contributed by atoms with Crippen LogP contribution in [0, 0.1) is 17.0 Å². The molecule has 7 nitrogen and oxygen atoms in total. The highest BCUT2D eigenvalue weighted by Crippen LogP contribution is 2.38. The number of fused-ring (bicyclic) bond motifs is 3. The van der Waals surface area contributed by atoms with Crippen molar-refractivity contribution in [1.82, 2.24) is 9.88 Å². The number of H-pyrrole nitrogens is 1. The summed E-state index contributed by atoms with van der Waals surface area (Å²) in [4.78, 5) is 31.4. The van der Waals surface area contributed by atoms with Crippen molar-refractivity contribution in [3.05, 3.63) is 75.0 Å². The first kappa shape index (κ1) is 23.0. The van der Waals surface area contributed by atoms with E-state index < -0.39 is 4.92 Å². The molecule has 1 atom stereocenters. The number of hydrogen-bond donors (Lipinski definition) is 2. The van der Waals surface area contributed by atoms with Gasteiger partial charge in [-0.25, -0.2) is 0 Å². The van der Waals surface area contributed by atoms with Crippen molar-refractivity contribution in [2.24, 2.45) is 0 Å². The summed E-state index contributed by atoms with van der Waals surface area (Å²) < 4.78 is 0. The molecule has 2 aromatic carbocycles. The average Bonchev–Trinajstić information content (AvgIpc) is 3.20. The van der Waals surface area contributed by atoms with E-state index in [1.807, 2.05) is 4.90 Å². The second kappa shape index (κ2) is 9.75. The summed E-state index contributed by atoms with van der Waals surface area (Å²) in [5.74, 6) is -0.0656. The number of benzene rings is 2. The molecule has 0 fully saturated rings. The topological polar surface area (TPSA) is 83.7 Å². The molecule has 0 saturated heterocycles. The number of hydrogen-bond acceptors (Lipinski definition) is 3. The molecular weight excluding hydrogens is 416 g/mol. The van der Waals surface area contributed by atoms with Crippen molar-refractivity contribution >= 4 is 22.5 Å². The van der Waals surface area contributed by atoms with E-state index in [-0.39, 0.29) is 17.6 Å². The third kappa shape index (κ3) is 4.64. The van der Waals surface area contributed by atoms with E-state index in [9.17, 15) is 14.9 Å². The van der Waals surface area contributed by atoms with Crippen molar-refractivity contribution < 1.29 is 14.6 Å². The fourth-order valence-electron chi connectivity index (χ4n) is 5.04. The molecule has 1 aromatic heterocycles. The highest BCUT2D eigenvalue weighted by atomic mass is 16.6. The van der Waals surface area contributed by atoms with Gasteiger partial charge in [0.05, 0.1) is 37.1 Å². The lowest BCUT2D eigenvalue weighted by atomic mass is 9.90. The Bertz CT molecular complexity index is 1150. The van der Waals surface area contributed by atoms with Gasteiger partial charge in [-0.2, -0.15) is 0 Å². The molecule has 2 N–H and O–H groups in total. The van der Waals surface area contributed by atoms with Gasteiger partial charge < -0.3 is 14.8 Å². The molecule has 174 valence electrons. The highest BCUT2D eigenvalue weighted by Gasteiger charge is 2.33. The summed E-state index contributed by atoms with van der Waals surface area (Å²) in [6.07, 6.45) is 2.95. The van der Waals surface area contributed by atoms with Crippen LogP contribution in [0.2, 0.25) is 0 Å². The van der Waals surface area contributed by atoms with Gasteiger partial charge in [0.15, 0.2) is 0 Å². The third-order valence-electron chi connectivity index (χ3n) is 7.00. The maximum absolute atomic E-state index is 13.7. The summed E-state index contributed by atoms with van der Waals surface area (Å²) in [5.41, 5.74) is 5.31. The fourth-order valence-corrected chi connectivity index (χ4v) is 5.04. The molecule has 1 heterocycles. The molecule has 0 bridgehead atoms. The molecular formula is C26H33N4O3+. The summed E-state index contributed by atoms with van der Waals surface area (Å²) in [6.45, 7) is 9.98. The quantitative estimate of drug-likeness (QED) is 0.405. The van der Waals surface area contributed by atoms with Gasteiger partial charge in [0.25, 0.3) is 11.6 Å². The van der Waals surface area contributed by atoms with Crippen LogP contribution in [0.15, 0.2) is 42.5 Å². The number of amides is 1. The predicted octanol–water partition coefficient (Wildman–Crippen LogP) is 3.83. The van der Waals surface area contributed by atoms with Crippen molar-refractivity contribution in [3.63, 3.8) is 0 Å². The number of aromatic amines is 1. The van der Waals surface area contributed by atoms with Crippen LogP contribution in [0.3, 0.4) is 0 Å². The van der Waals surface area contributed by atoms with E-state index in [1.165, 1.54) is 33.5 Å². The van der Waals surface area contributed by atoms with Crippen LogP contribution >= 0.6 is 0 Å². The first-order chi connectivity index (χ1) is 15.9. The molecule has 33 heavy (non-hydrogen) atoms. The number of aromatic nitrogens is 1. The van der Waals surface area contributed by atoms with E-state index in [4.69, 9.17) is 0 Å². The van der Waals surface area contributed by atoms with Crippen LogP contribution in [0.1, 0.15) is 59.9 Å². The zero-order valence-electron chi connectivity index (χ0n) is 19.7. The minimum absolute atomic E-state index is 0.00312. The number of nitrogens with zero attached hydrogens (tertiary/aromatic N) is 2. The first-order valence-electron chi connectivity index (χ1n) is 11.9. The van der Waals surface area contributed by atoms with Gasteiger partial charge in [-0.1, -0.05) is 11.6 Å². The summed E-state index contributed by atoms with van der Waals surface area (Å²) in [7, 11) is 0. The van der Waals surface area contributed by atoms with Crippen molar-refractivity contribution in [2.45, 2.75) is 46.1 Å². The number of carbonyl (C=O) groups excluding carboxylic acids is 1. The van der Waals surface area contributed by atoms with Crippen LogP contribution in [0.4, 0.5) is 5.69 Å². The van der Waals surface area contributed by atoms with Crippen LogP contribution in [0.25, 0.3) is 10.9 Å². The summed E-state index contributed by atoms with van der Waals surface area (Å²) in [5, 5.41) is 12.3. The number of aryl methyl sites for hydroxylation is 2. The number of rotatable bonds is 8. The Labute approximate surface area is 194 Å². The van der Waals surface area contributed by atoms with Gasteiger partial charge in [-0.3, -0.25) is 14.9 Å². The monoisotopic (exact) mass is 449 g/mol. The Morgan fingerprint density at radius 2 is 1.91 bits per heavy atom. The zero-order valence-corrected chi connectivity index (χ0v) is 19.7. The largest absolute Gasteiger partial charge is 0.356 e. The third-order valence-corrected chi connectivity index (χ3v) is 7.00. The molecule has 0 radical (unpaired) electrons. The van der Waals surface area contributed by atoms with Gasteiger partial charge >= 0.3 is 0 Å². The Hall–Kier alpha value is -3.19. The minimum Gasteiger partial charge on any atom is -0.356 e. The lowest BCUT2D eigenvalue weighted by Gasteiger charge is -2.35. The smallest absolute Gasteiger partial charge is 0.269 e. The second-order valence-electron chi connectivity index (χ2n) is 8.98. The number of nitro benzene ring substituents is 1. The van der Waals surface area contributed by atoms with Gasteiger partial charge in [-0.05, 0) is 69.9 Å². The van der Waals surface area contributed by atoms with Crippen LogP contribution in [-0.4, -0.2) is 46.9 Å². The lowest BCUT2D eigenvalue weighted by molar-refractivity contribution is -0.895. The fraction of sp³-hybridized carbons (Fsp3) is 0.423. The molecule has 3 aromatic rings. The van der Waals surface area contributed by atoms with Gasteiger partial charge in [0.2, 0.25) is 0 Å². The zero-order chi connectivity index (χ0) is 23.5. The lowest BCUT2D eigenvalue weighted by Crippen LogP contribution is -3.12. The molecule has 1 amide bonds. The van der Waals surface area contributed by atoms with Gasteiger partial charge in [-0.15, -0.1) is 0 Å². The molecule has 0 spiro atoms. The predicted molar refractivity (Wildman–Crippen MR) is 130 cm³/mol. The summed E-state index contributed by atoms with van der Waals surface area (Å²) >= 11 is 0. The van der Waals surface area contributed by atoms with Crippen LogP contribution in [0.5, 0.6) is 0 Å². The van der Waals surface area contributed by atoms with Crippen molar-refractivity contribution in [3.8, 4) is 0 Å². The number of nitro groups is 1. The molecule has 0 unspecified atom stereocenters. The number of carbonyl (C=O) groups is 1. The Balaban J connectivity index is 1.71. The van der Waals surface area contributed by atoms with E-state index in [0.717, 1.165) is 50.1 Å². The van der Waals surface area contributed by atoms with Crippen molar-refractivity contribution in [1.29, 1.82) is 0 Å². The van der Waals surface area contributed by atoms with E-state index in [1.54, 1.807) is 12.1 Å². The second-order valence-corrected chi connectivity index (χ2v) is 8.98. The molecule has 0 aliphatic heterocycles. The first-order valence-corrected chi connectivity index (χ1v) is 11.9. The standard InChI is InChI=1S/C26H32N4O3/c1-4-28(5-2)15-16-29(26(31)19-10-12-20(13-11-19)30(32)33)24-8-6-7-21-22-17-18(3)9-14-23(22)27-25(21)24/h9-14,17,24,27H,4-8,15-16H2,1-3H3/p+1/t24-/m0/s1. The Morgan fingerprint density at radius 1 is 1.18 bits per heavy atom. The molecule has 7 heteroatoms. The van der Waals surface area contributed by atoms with E-state index >= 15 is 0 Å². The molecule has 0 saturated carbocycles. The SMILES string of the molecule is CC[NH+](CC)CCN(C(=O)c1ccc([N+](=O)[O-])cc1)[C@H]1CCCc2c1[nH]c1ccc(C)cc21. The summed E-state index contributed by atoms with van der Waals surface area (Å²) in [6, 6.07) is 12.4. The van der Waals surface area contributed by atoms with E-state index in [0.29, 0.717) is 12.1 Å². The number of non-ortho nitro benzene ring substituents is 1. The van der Waals surface area contributed by atoms with Crippen LogP contribution < -0.4 is 4.90 Å². The molecule has 4 rings (SSSR count). The minimum atomic E-state index is -0.435. The number of nitrogens with one attached hydrogen (secondary N) is 2. The number of quaternary nitrogens is 1. The van der Waals surface area contributed by atoms with E-state index in [2.05, 4.69) is 44.0 Å². The van der Waals surface area contributed by atoms with Gasteiger partial charge in [0.1, 0.15) is 0 Å². The maximum Gasteiger partial charge on any atom is 0.269 e. The molecule has 1 aliphatic carbocycles.